The first kappa shape index (κ1) is 21.7. The van der Waals surface area contributed by atoms with E-state index in [4.69, 9.17) is 23.7 Å². The van der Waals surface area contributed by atoms with Crippen LogP contribution in [-0.2, 0) is 4.74 Å². The Balaban J connectivity index is 1.68. The van der Waals surface area contributed by atoms with Gasteiger partial charge in [-0.1, -0.05) is 0 Å². The van der Waals surface area contributed by atoms with Crippen LogP contribution in [-0.4, -0.2) is 50.9 Å². The van der Waals surface area contributed by atoms with E-state index in [0.717, 1.165) is 6.42 Å². The third-order valence-electron chi connectivity index (χ3n) is 6.31. The fourth-order valence-electron chi connectivity index (χ4n) is 4.68. The first-order chi connectivity index (χ1) is 15.1. The Morgan fingerprint density at radius 3 is 2.19 bits per heavy atom. The van der Waals surface area contributed by atoms with Gasteiger partial charge in [-0.3, -0.25) is 0 Å². The molecule has 2 aromatic carbocycles. The molecule has 7 heteroatoms. The van der Waals surface area contributed by atoms with E-state index in [1.807, 2.05) is 12.1 Å². The number of fused-ring (bicyclic) bond motifs is 2. The summed E-state index contributed by atoms with van der Waals surface area (Å²) >= 11 is 0. The van der Waals surface area contributed by atoms with Crippen LogP contribution in [0.3, 0.4) is 0 Å². The standard InChI is InChI=1S/C24H30O7/c1-27-10-4-5-21-22(24(26)17-12-15(29-3)7-9-20(17)31-21)18-13-30-19-8-6-14(28-2)11-16(19)23(18)25/h6-9,11-12,18,21-26H,4-5,10,13H2,1-3H3. The van der Waals surface area contributed by atoms with Crippen LogP contribution in [0.2, 0.25) is 0 Å². The summed E-state index contributed by atoms with van der Waals surface area (Å²) in [5.41, 5.74) is 1.32. The third-order valence-corrected chi connectivity index (χ3v) is 6.31. The van der Waals surface area contributed by atoms with Crippen molar-refractivity contribution in [2.45, 2.75) is 31.2 Å². The highest BCUT2D eigenvalue weighted by atomic mass is 16.5. The lowest BCUT2D eigenvalue weighted by Gasteiger charge is -2.44. The molecule has 2 aliphatic heterocycles. The Kier molecular flexibility index (Phi) is 6.55. The molecule has 0 radical (unpaired) electrons. The summed E-state index contributed by atoms with van der Waals surface area (Å²) in [7, 11) is 4.84. The molecule has 4 rings (SSSR count). The summed E-state index contributed by atoms with van der Waals surface area (Å²) in [6, 6.07) is 10.8. The van der Waals surface area contributed by atoms with Crippen molar-refractivity contribution >= 4 is 0 Å². The molecule has 0 saturated heterocycles. The molecule has 0 saturated carbocycles. The third kappa shape index (κ3) is 4.18. The fraction of sp³-hybridized carbons (Fsp3) is 0.500. The van der Waals surface area contributed by atoms with Crippen LogP contribution in [0.15, 0.2) is 36.4 Å². The predicted octanol–water partition coefficient (Wildman–Crippen LogP) is 3.28. The minimum atomic E-state index is -0.832. The molecular weight excluding hydrogens is 400 g/mol. The summed E-state index contributed by atoms with van der Waals surface area (Å²) in [5, 5.41) is 22.7. The van der Waals surface area contributed by atoms with Gasteiger partial charge in [0.2, 0.25) is 0 Å². The highest BCUT2D eigenvalue weighted by molar-refractivity contribution is 5.45. The van der Waals surface area contributed by atoms with Crippen molar-refractivity contribution in [2.24, 2.45) is 11.8 Å². The van der Waals surface area contributed by atoms with Gasteiger partial charge in [0.05, 0.1) is 33.0 Å². The van der Waals surface area contributed by atoms with Crippen LogP contribution in [0.4, 0.5) is 0 Å². The topological polar surface area (TPSA) is 86.6 Å². The molecule has 0 fully saturated rings. The molecule has 2 aromatic rings. The summed E-state index contributed by atoms with van der Waals surface area (Å²) in [5.74, 6) is 1.84. The number of methoxy groups -OCH3 is 3. The summed E-state index contributed by atoms with van der Waals surface area (Å²) < 4.78 is 28.2. The molecular formula is C24H30O7. The maximum Gasteiger partial charge on any atom is 0.125 e. The van der Waals surface area contributed by atoms with E-state index in [2.05, 4.69) is 0 Å². The predicted molar refractivity (Wildman–Crippen MR) is 114 cm³/mol. The Morgan fingerprint density at radius 2 is 1.55 bits per heavy atom. The van der Waals surface area contributed by atoms with Crippen molar-refractivity contribution in [3.8, 4) is 23.0 Å². The largest absolute Gasteiger partial charge is 0.497 e. The number of aliphatic hydroxyl groups is 2. The summed E-state index contributed by atoms with van der Waals surface area (Å²) in [6.45, 7) is 0.882. The van der Waals surface area contributed by atoms with E-state index in [-0.39, 0.29) is 24.5 Å². The van der Waals surface area contributed by atoms with Crippen molar-refractivity contribution in [1.29, 1.82) is 0 Å². The van der Waals surface area contributed by atoms with Gasteiger partial charge in [-0.05, 0) is 49.2 Å². The zero-order chi connectivity index (χ0) is 22.0. The maximum atomic E-state index is 11.4. The lowest BCUT2D eigenvalue weighted by molar-refractivity contribution is -0.0888. The molecule has 31 heavy (non-hydrogen) atoms. The number of benzene rings is 2. The van der Waals surface area contributed by atoms with Crippen LogP contribution in [0.5, 0.6) is 23.0 Å². The quantitative estimate of drug-likeness (QED) is 0.652. The number of ether oxygens (including phenoxy) is 5. The molecule has 168 valence electrons. The number of hydrogen-bond acceptors (Lipinski definition) is 7. The minimum absolute atomic E-state index is 0.283. The van der Waals surface area contributed by atoms with Crippen LogP contribution >= 0.6 is 0 Å². The SMILES string of the molecule is COCCCC1Oc2ccc(OC)cc2C(O)C1C1COc2ccc(OC)cc2C1O. The molecule has 7 nitrogen and oxygen atoms in total. The van der Waals surface area contributed by atoms with Gasteiger partial charge in [-0.2, -0.15) is 0 Å². The van der Waals surface area contributed by atoms with Crippen molar-refractivity contribution in [1.82, 2.24) is 0 Å². The first-order valence-electron chi connectivity index (χ1n) is 10.6. The van der Waals surface area contributed by atoms with Gasteiger partial charge in [0.15, 0.2) is 0 Å². The Labute approximate surface area is 182 Å². The van der Waals surface area contributed by atoms with E-state index in [1.54, 1.807) is 45.6 Å². The van der Waals surface area contributed by atoms with Crippen LogP contribution in [0, 0.1) is 11.8 Å². The monoisotopic (exact) mass is 430 g/mol. The van der Waals surface area contributed by atoms with Crippen molar-refractivity contribution in [2.75, 3.05) is 34.5 Å². The second-order valence-corrected chi connectivity index (χ2v) is 8.04. The fourth-order valence-corrected chi connectivity index (χ4v) is 4.68. The maximum absolute atomic E-state index is 11.4. The first-order valence-corrected chi connectivity index (χ1v) is 10.6. The minimum Gasteiger partial charge on any atom is -0.497 e. The highest BCUT2D eigenvalue weighted by Gasteiger charge is 2.47. The number of hydrogen-bond donors (Lipinski definition) is 2. The molecule has 0 amide bonds. The molecule has 5 atom stereocenters. The Bertz CT molecular complexity index is 899. The van der Waals surface area contributed by atoms with E-state index in [0.29, 0.717) is 47.2 Å². The van der Waals surface area contributed by atoms with Gasteiger partial charge in [-0.25, -0.2) is 0 Å². The molecule has 0 spiro atoms. The van der Waals surface area contributed by atoms with Gasteiger partial charge in [-0.15, -0.1) is 0 Å². The Morgan fingerprint density at radius 1 is 0.903 bits per heavy atom. The van der Waals surface area contributed by atoms with Crippen molar-refractivity contribution in [3.63, 3.8) is 0 Å². The Hall–Kier alpha value is -2.48. The average molecular weight is 430 g/mol. The van der Waals surface area contributed by atoms with Crippen LogP contribution < -0.4 is 18.9 Å². The smallest absolute Gasteiger partial charge is 0.125 e. The van der Waals surface area contributed by atoms with Gasteiger partial charge in [0, 0.05) is 36.7 Å². The van der Waals surface area contributed by atoms with Gasteiger partial charge in [0.25, 0.3) is 0 Å². The van der Waals surface area contributed by atoms with Crippen LogP contribution in [0.1, 0.15) is 36.2 Å². The summed E-state index contributed by atoms with van der Waals surface area (Å²) in [6.07, 6.45) is -0.471. The lowest BCUT2D eigenvalue weighted by Crippen LogP contribution is -2.45. The highest BCUT2D eigenvalue weighted by Crippen LogP contribution is 2.50. The molecule has 0 aliphatic carbocycles. The second kappa shape index (κ2) is 9.34. The van der Waals surface area contributed by atoms with E-state index < -0.39 is 12.2 Å². The second-order valence-electron chi connectivity index (χ2n) is 8.04. The van der Waals surface area contributed by atoms with E-state index in [9.17, 15) is 10.2 Å². The zero-order valence-electron chi connectivity index (χ0n) is 18.1. The molecule has 2 heterocycles. The number of rotatable bonds is 7. The molecule has 0 bridgehead atoms. The van der Waals surface area contributed by atoms with Crippen molar-refractivity contribution < 1.29 is 33.9 Å². The van der Waals surface area contributed by atoms with E-state index in [1.165, 1.54) is 0 Å². The molecule has 0 aromatic heterocycles. The van der Waals surface area contributed by atoms with E-state index >= 15 is 0 Å². The molecule has 5 unspecified atom stereocenters. The zero-order valence-corrected chi connectivity index (χ0v) is 18.1. The number of aliphatic hydroxyl groups excluding tert-OH is 2. The van der Waals surface area contributed by atoms with Gasteiger partial charge >= 0.3 is 0 Å². The average Bonchev–Trinajstić information content (AvgIpc) is 2.80. The lowest BCUT2D eigenvalue weighted by atomic mass is 9.73. The van der Waals surface area contributed by atoms with Crippen molar-refractivity contribution in [3.05, 3.63) is 47.5 Å². The van der Waals surface area contributed by atoms with Gasteiger partial charge < -0.3 is 33.9 Å². The molecule has 2 aliphatic rings. The normalized spacial score (nSPS) is 26.8. The summed E-state index contributed by atoms with van der Waals surface area (Å²) in [4.78, 5) is 0. The van der Waals surface area contributed by atoms with Gasteiger partial charge in [0.1, 0.15) is 29.1 Å². The van der Waals surface area contributed by atoms with Crippen LogP contribution in [0.25, 0.3) is 0 Å². The molecule has 2 N–H and O–H groups in total.